The largest absolute Gasteiger partial charge is 0.339 e. The Balaban J connectivity index is 1.52. The maximum atomic E-state index is 13.4. The second kappa shape index (κ2) is 6.94. The Morgan fingerprint density at radius 2 is 2.15 bits per heavy atom. The molecule has 1 unspecified atom stereocenters. The number of amides is 1. The molecule has 0 spiro atoms. The average molecular weight is 369 g/mol. The zero-order chi connectivity index (χ0) is 19.0. The van der Waals surface area contributed by atoms with E-state index in [4.69, 9.17) is 4.52 Å². The van der Waals surface area contributed by atoms with E-state index in [1.54, 1.807) is 30.8 Å². The van der Waals surface area contributed by atoms with Crippen molar-refractivity contribution in [3.05, 3.63) is 52.9 Å². The lowest BCUT2D eigenvalue weighted by molar-refractivity contribution is 0.0922. The fourth-order valence-corrected chi connectivity index (χ4v) is 3.45. The summed E-state index contributed by atoms with van der Waals surface area (Å²) in [5.74, 6) is -0.0468. The first kappa shape index (κ1) is 17.4. The monoisotopic (exact) mass is 369 g/mol. The molecule has 140 valence electrons. The molecule has 27 heavy (non-hydrogen) atoms. The third kappa shape index (κ3) is 3.34. The summed E-state index contributed by atoms with van der Waals surface area (Å²) in [5, 5.41) is 11.3. The molecule has 1 amide bonds. The number of aromatic nitrogens is 4. The third-order valence-corrected chi connectivity index (χ3v) is 4.78. The molecule has 1 aliphatic rings. The normalized spacial score (nSPS) is 14.6. The number of nitrogens with one attached hydrogen (secondary N) is 1. The minimum Gasteiger partial charge on any atom is -0.339 e. The highest BCUT2D eigenvalue weighted by atomic mass is 19.1. The molecule has 1 aromatic carbocycles. The molecule has 2 heterocycles. The summed E-state index contributed by atoms with van der Waals surface area (Å²) in [6.07, 6.45) is 3.94. The number of hydrogen-bond acceptors (Lipinski definition) is 5. The van der Waals surface area contributed by atoms with Crippen LogP contribution in [0.25, 0.3) is 11.4 Å². The SMILES string of the molecule is CC(NC(=O)c1c2c(nn1C)CCCC2)c1nc(-c2cccc(F)c2)no1. The van der Waals surface area contributed by atoms with Gasteiger partial charge in [-0.15, -0.1) is 0 Å². The van der Waals surface area contributed by atoms with Gasteiger partial charge in [0.15, 0.2) is 0 Å². The molecule has 0 fully saturated rings. The summed E-state index contributed by atoms with van der Waals surface area (Å²) in [5.41, 5.74) is 3.14. The Morgan fingerprint density at radius 3 is 2.96 bits per heavy atom. The van der Waals surface area contributed by atoms with Gasteiger partial charge in [-0.25, -0.2) is 4.39 Å². The highest BCUT2D eigenvalue weighted by molar-refractivity contribution is 5.94. The minimum atomic E-state index is -0.485. The van der Waals surface area contributed by atoms with Crippen LogP contribution in [0.5, 0.6) is 0 Å². The number of nitrogens with zero attached hydrogens (tertiary/aromatic N) is 4. The summed E-state index contributed by atoms with van der Waals surface area (Å²) < 4.78 is 20.3. The highest BCUT2D eigenvalue weighted by Gasteiger charge is 2.26. The van der Waals surface area contributed by atoms with Crippen LogP contribution in [-0.2, 0) is 19.9 Å². The number of hydrogen-bond donors (Lipinski definition) is 1. The third-order valence-electron chi connectivity index (χ3n) is 4.78. The molecule has 2 aromatic heterocycles. The summed E-state index contributed by atoms with van der Waals surface area (Å²) >= 11 is 0. The van der Waals surface area contributed by atoms with Crippen LogP contribution < -0.4 is 5.32 Å². The lowest BCUT2D eigenvalue weighted by Gasteiger charge is -2.13. The van der Waals surface area contributed by atoms with E-state index >= 15 is 0 Å². The second-order valence-electron chi connectivity index (χ2n) is 6.77. The number of fused-ring (bicyclic) bond motifs is 1. The number of halogens is 1. The number of benzene rings is 1. The molecule has 8 heteroatoms. The molecule has 7 nitrogen and oxygen atoms in total. The molecule has 0 saturated carbocycles. The summed E-state index contributed by atoms with van der Waals surface area (Å²) in [7, 11) is 1.78. The highest BCUT2D eigenvalue weighted by Crippen LogP contribution is 2.24. The van der Waals surface area contributed by atoms with E-state index in [0.29, 0.717) is 11.3 Å². The van der Waals surface area contributed by atoms with Gasteiger partial charge in [-0.1, -0.05) is 17.3 Å². The van der Waals surface area contributed by atoms with Crippen molar-refractivity contribution >= 4 is 5.91 Å². The molecule has 3 aromatic rings. The number of carbonyl (C=O) groups is 1. The lowest BCUT2D eigenvalue weighted by atomic mass is 9.95. The van der Waals surface area contributed by atoms with Gasteiger partial charge in [0.1, 0.15) is 17.6 Å². The Hall–Kier alpha value is -3.03. The van der Waals surface area contributed by atoms with Gasteiger partial charge >= 0.3 is 0 Å². The van der Waals surface area contributed by atoms with Crippen molar-refractivity contribution in [3.63, 3.8) is 0 Å². The van der Waals surface area contributed by atoms with Crippen LogP contribution in [0.1, 0.15) is 53.4 Å². The van der Waals surface area contributed by atoms with Gasteiger partial charge in [0, 0.05) is 18.2 Å². The van der Waals surface area contributed by atoms with Gasteiger partial charge in [0.05, 0.1) is 5.69 Å². The van der Waals surface area contributed by atoms with Crippen molar-refractivity contribution in [2.75, 3.05) is 0 Å². The molecule has 1 N–H and O–H groups in total. The molecular formula is C19H20FN5O2. The molecular weight excluding hydrogens is 349 g/mol. The van der Waals surface area contributed by atoms with Crippen molar-refractivity contribution in [2.45, 2.75) is 38.6 Å². The maximum absolute atomic E-state index is 13.4. The van der Waals surface area contributed by atoms with Crippen molar-refractivity contribution in [1.29, 1.82) is 0 Å². The van der Waals surface area contributed by atoms with Crippen LogP contribution in [-0.4, -0.2) is 25.8 Å². The van der Waals surface area contributed by atoms with E-state index in [-0.39, 0.29) is 23.4 Å². The van der Waals surface area contributed by atoms with Crippen LogP contribution >= 0.6 is 0 Å². The first-order chi connectivity index (χ1) is 13.0. The van der Waals surface area contributed by atoms with Crippen LogP contribution in [0.3, 0.4) is 0 Å². The van der Waals surface area contributed by atoms with E-state index < -0.39 is 6.04 Å². The predicted octanol–water partition coefficient (Wildman–Crippen LogP) is 2.98. The summed E-state index contributed by atoms with van der Waals surface area (Å²) in [6.45, 7) is 1.77. The van der Waals surface area contributed by atoms with E-state index in [9.17, 15) is 9.18 Å². The quantitative estimate of drug-likeness (QED) is 0.764. The molecule has 0 bridgehead atoms. The molecule has 1 aliphatic carbocycles. The first-order valence-corrected chi connectivity index (χ1v) is 8.98. The molecule has 1 atom stereocenters. The summed E-state index contributed by atoms with van der Waals surface area (Å²) in [6, 6.07) is 5.48. The maximum Gasteiger partial charge on any atom is 0.270 e. The first-order valence-electron chi connectivity index (χ1n) is 8.98. The Morgan fingerprint density at radius 1 is 1.33 bits per heavy atom. The fraction of sp³-hybridized carbons (Fsp3) is 0.368. The lowest BCUT2D eigenvalue weighted by Crippen LogP contribution is -2.29. The minimum absolute atomic E-state index is 0.217. The number of aryl methyl sites for hydroxylation is 2. The van der Waals surface area contributed by atoms with Crippen molar-refractivity contribution < 1.29 is 13.7 Å². The number of rotatable bonds is 4. The van der Waals surface area contributed by atoms with Gasteiger partial charge in [-0.2, -0.15) is 10.1 Å². The Labute approximate surface area is 155 Å². The van der Waals surface area contributed by atoms with Crippen LogP contribution in [0.4, 0.5) is 4.39 Å². The molecule has 0 saturated heterocycles. The van der Waals surface area contributed by atoms with Crippen LogP contribution in [0, 0.1) is 5.82 Å². The average Bonchev–Trinajstić information content (AvgIpc) is 3.25. The zero-order valence-electron chi connectivity index (χ0n) is 15.2. The van der Waals surface area contributed by atoms with Crippen LogP contribution in [0.15, 0.2) is 28.8 Å². The van der Waals surface area contributed by atoms with Gasteiger partial charge in [-0.05, 0) is 44.7 Å². The zero-order valence-corrected chi connectivity index (χ0v) is 15.2. The van der Waals surface area contributed by atoms with Gasteiger partial charge in [0.2, 0.25) is 11.7 Å². The topological polar surface area (TPSA) is 85.8 Å². The predicted molar refractivity (Wildman–Crippen MR) is 95.4 cm³/mol. The van der Waals surface area contributed by atoms with E-state index in [0.717, 1.165) is 36.9 Å². The number of carbonyl (C=O) groups excluding carboxylic acids is 1. The van der Waals surface area contributed by atoms with E-state index in [1.807, 2.05) is 0 Å². The van der Waals surface area contributed by atoms with Gasteiger partial charge in [-0.3, -0.25) is 9.48 Å². The smallest absolute Gasteiger partial charge is 0.270 e. The van der Waals surface area contributed by atoms with Gasteiger partial charge in [0.25, 0.3) is 5.91 Å². The molecule has 0 radical (unpaired) electrons. The molecule has 0 aliphatic heterocycles. The van der Waals surface area contributed by atoms with E-state index in [1.165, 1.54) is 12.1 Å². The van der Waals surface area contributed by atoms with Gasteiger partial charge < -0.3 is 9.84 Å². The van der Waals surface area contributed by atoms with E-state index in [2.05, 4.69) is 20.6 Å². The van der Waals surface area contributed by atoms with Crippen LogP contribution in [0.2, 0.25) is 0 Å². The standard InChI is InChI=1S/C19H20FN5O2/c1-11(19-22-17(24-27-19)12-6-5-7-13(20)10-12)21-18(26)16-14-8-3-4-9-15(14)23-25(16)2/h5-7,10-11H,3-4,8-9H2,1-2H3,(H,21,26). The Bertz CT molecular complexity index is 994. The van der Waals surface area contributed by atoms with Crippen molar-refractivity contribution in [2.24, 2.45) is 7.05 Å². The molecule has 4 rings (SSSR count). The van der Waals surface area contributed by atoms with Crippen molar-refractivity contribution in [1.82, 2.24) is 25.2 Å². The second-order valence-corrected chi connectivity index (χ2v) is 6.77. The fourth-order valence-electron chi connectivity index (χ4n) is 3.45. The van der Waals surface area contributed by atoms with Crippen molar-refractivity contribution in [3.8, 4) is 11.4 Å². The Kier molecular flexibility index (Phi) is 4.47. The summed E-state index contributed by atoms with van der Waals surface area (Å²) in [4.78, 5) is 17.1.